The van der Waals surface area contributed by atoms with Crippen LogP contribution < -0.4 is 20.3 Å². The minimum absolute atomic E-state index is 0.121. The number of rotatable bonds is 7. The fourth-order valence-corrected chi connectivity index (χ4v) is 5.78. The number of anilines is 4. The molecule has 0 radical (unpaired) electrons. The van der Waals surface area contributed by atoms with Crippen LogP contribution in [0.25, 0.3) is 0 Å². The molecule has 4 unspecified atom stereocenters. The Hall–Kier alpha value is -3.53. The van der Waals surface area contributed by atoms with Crippen LogP contribution in [0.5, 0.6) is 5.75 Å². The Labute approximate surface area is 227 Å². The van der Waals surface area contributed by atoms with Gasteiger partial charge >= 0.3 is 6.09 Å². The number of fused-ring (bicyclic) bond motifs is 3. The molecule has 2 amide bonds. The molecule has 4 atom stereocenters. The molecule has 2 aromatic rings. The van der Waals surface area contributed by atoms with Gasteiger partial charge in [0, 0.05) is 44.5 Å². The van der Waals surface area contributed by atoms with Crippen molar-refractivity contribution in [2.24, 2.45) is 11.8 Å². The number of carbonyl (C=O) groups excluding carboxylic acids is 2. The summed E-state index contributed by atoms with van der Waals surface area (Å²) in [6.45, 7) is 2.57. The fourth-order valence-electron chi connectivity index (χ4n) is 5.63. The molecule has 3 aliphatic rings. The van der Waals surface area contributed by atoms with Gasteiger partial charge in [0.1, 0.15) is 16.9 Å². The number of nitrogens with one attached hydrogen (secondary N) is 2. The predicted octanol–water partition coefficient (Wildman–Crippen LogP) is 4.62. The third kappa shape index (κ3) is 4.84. The van der Waals surface area contributed by atoms with Crippen molar-refractivity contribution in [3.63, 3.8) is 0 Å². The molecule has 1 aromatic heterocycles. The molecule has 1 saturated carbocycles. The molecule has 10 nitrogen and oxygen atoms in total. The van der Waals surface area contributed by atoms with Crippen molar-refractivity contribution in [3.8, 4) is 5.75 Å². The van der Waals surface area contributed by atoms with E-state index >= 15 is 0 Å². The van der Waals surface area contributed by atoms with Gasteiger partial charge in [-0.3, -0.25) is 4.79 Å². The van der Waals surface area contributed by atoms with Crippen molar-refractivity contribution < 1.29 is 19.1 Å². The molecule has 2 N–H and O–H groups in total. The summed E-state index contributed by atoms with van der Waals surface area (Å²) in [5, 5.41) is 7.05. The van der Waals surface area contributed by atoms with Crippen molar-refractivity contribution in [2.45, 2.75) is 44.8 Å². The van der Waals surface area contributed by atoms with Gasteiger partial charge in [-0.05, 0) is 38.3 Å². The van der Waals surface area contributed by atoms with Crippen molar-refractivity contribution in [1.29, 1.82) is 0 Å². The standard InChI is InChI=1S/C27H33ClN6O4/c1-5-34-20-12-11-19(24(37-4)17(20)7-6-8-21(34)35)30-26-29-14-18(28)25(32-26)31-22-15-9-10-16(13-15)23(22)38-27(36)33(2)3/h9-12,14-16,22-23H,5-8,13H2,1-4H3,(H2,29,30,31,32). The quantitative estimate of drug-likeness (QED) is 0.489. The highest BCUT2D eigenvalue weighted by Crippen LogP contribution is 2.44. The number of nitrogens with zero attached hydrogens (tertiary/aromatic N) is 4. The summed E-state index contributed by atoms with van der Waals surface area (Å²) in [5.41, 5.74) is 2.56. The average Bonchev–Trinajstić information content (AvgIpc) is 3.45. The van der Waals surface area contributed by atoms with Crippen LogP contribution in [0.1, 0.15) is 31.7 Å². The van der Waals surface area contributed by atoms with Crippen molar-refractivity contribution in [1.82, 2.24) is 14.9 Å². The van der Waals surface area contributed by atoms with Crippen LogP contribution in [0.2, 0.25) is 5.02 Å². The topological polar surface area (TPSA) is 109 Å². The number of aromatic nitrogens is 2. The second-order valence-electron chi connectivity index (χ2n) is 10.0. The number of hydrogen-bond donors (Lipinski definition) is 2. The van der Waals surface area contributed by atoms with E-state index in [-0.39, 0.29) is 36.0 Å². The summed E-state index contributed by atoms with van der Waals surface area (Å²) in [5.74, 6) is 1.94. The summed E-state index contributed by atoms with van der Waals surface area (Å²) in [7, 11) is 4.96. The molecular weight excluding hydrogens is 508 g/mol. The Balaban J connectivity index is 1.40. The van der Waals surface area contributed by atoms with Crippen molar-refractivity contribution >= 4 is 46.7 Å². The first-order chi connectivity index (χ1) is 18.3. The van der Waals surface area contributed by atoms with Crippen LogP contribution in [0.3, 0.4) is 0 Å². The smallest absolute Gasteiger partial charge is 0.409 e. The Bertz CT molecular complexity index is 1270. The van der Waals surface area contributed by atoms with E-state index in [4.69, 9.17) is 21.1 Å². The van der Waals surface area contributed by atoms with E-state index in [2.05, 4.69) is 32.8 Å². The van der Waals surface area contributed by atoms with Gasteiger partial charge in [-0.15, -0.1) is 0 Å². The Morgan fingerprint density at radius 2 is 2.03 bits per heavy atom. The number of carbonyl (C=O) groups is 2. The molecule has 1 fully saturated rings. The second-order valence-corrected chi connectivity index (χ2v) is 10.4. The maximum absolute atomic E-state index is 12.6. The zero-order valence-corrected chi connectivity index (χ0v) is 22.8. The first kappa shape index (κ1) is 26.1. The second kappa shape index (κ2) is 10.7. The van der Waals surface area contributed by atoms with E-state index < -0.39 is 0 Å². The van der Waals surface area contributed by atoms with Crippen LogP contribution >= 0.6 is 11.6 Å². The number of methoxy groups -OCH3 is 1. The van der Waals surface area contributed by atoms with Gasteiger partial charge in [0.15, 0.2) is 5.82 Å². The summed E-state index contributed by atoms with van der Waals surface area (Å²) in [6.07, 6.45) is 8.00. The minimum atomic E-state index is -0.377. The molecule has 0 saturated heterocycles. The van der Waals surface area contributed by atoms with Crippen LogP contribution in [-0.2, 0) is 16.0 Å². The summed E-state index contributed by atoms with van der Waals surface area (Å²) < 4.78 is 11.6. The zero-order valence-electron chi connectivity index (χ0n) is 22.0. The number of benzene rings is 1. The molecule has 0 spiro atoms. The maximum atomic E-state index is 12.6. The lowest BCUT2D eigenvalue weighted by Crippen LogP contribution is -2.42. The van der Waals surface area contributed by atoms with E-state index in [1.54, 1.807) is 26.1 Å². The highest BCUT2D eigenvalue weighted by Gasteiger charge is 2.47. The average molecular weight is 541 g/mol. The number of hydrogen-bond acceptors (Lipinski definition) is 8. The zero-order chi connectivity index (χ0) is 27.0. The van der Waals surface area contributed by atoms with E-state index in [1.807, 2.05) is 19.1 Å². The molecule has 2 aliphatic carbocycles. The summed E-state index contributed by atoms with van der Waals surface area (Å²) in [4.78, 5) is 37.1. The van der Waals surface area contributed by atoms with Crippen LogP contribution in [0.15, 0.2) is 30.5 Å². The molecule has 2 heterocycles. The SMILES string of the molecule is CCN1C(=O)CCCc2c1ccc(Nc1ncc(Cl)c(NC3C4C=CC(C4)C3OC(=O)N(C)C)n1)c2OC. The van der Waals surface area contributed by atoms with Gasteiger partial charge in [0.05, 0.1) is 30.7 Å². The van der Waals surface area contributed by atoms with Crippen molar-refractivity contribution in [3.05, 3.63) is 41.1 Å². The normalized spacial score (nSPS) is 23.6. The van der Waals surface area contributed by atoms with E-state index in [0.29, 0.717) is 41.2 Å². The van der Waals surface area contributed by atoms with E-state index in [9.17, 15) is 9.59 Å². The van der Waals surface area contributed by atoms with Gasteiger partial charge in [-0.2, -0.15) is 4.98 Å². The predicted molar refractivity (Wildman–Crippen MR) is 146 cm³/mol. The highest BCUT2D eigenvalue weighted by atomic mass is 35.5. The molecule has 11 heteroatoms. The van der Waals surface area contributed by atoms with Crippen LogP contribution in [0.4, 0.5) is 27.9 Å². The molecule has 1 aliphatic heterocycles. The highest BCUT2D eigenvalue weighted by molar-refractivity contribution is 6.32. The van der Waals surface area contributed by atoms with Crippen LogP contribution in [0, 0.1) is 11.8 Å². The van der Waals surface area contributed by atoms with E-state index in [1.165, 1.54) is 11.1 Å². The molecule has 1 aromatic carbocycles. The molecule has 2 bridgehead atoms. The number of halogens is 1. The molecule has 38 heavy (non-hydrogen) atoms. The van der Waals surface area contributed by atoms with Crippen molar-refractivity contribution in [2.75, 3.05) is 43.3 Å². The lowest BCUT2D eigenvalue weighted by molar-refractivity contribution is -0.118. The third-order valence-electron chi connectivity index (χ3n) is 7.45. The lowest BCUT2D eigenvalue weighted by Gasteiger charge is -2.30. The third-order valence-corrected chi connectivity index (χ3v) is 7.73. The molecular formula is C27H33ClN6O4. The summed E-state index contributed by atoms with van der Waals surface area (Å²) >= 11 is 6.49. The lowest BCUT2D eigenvalue weighted by atomic mass is 9.98. The van der Waals surface area contributed by atoms with Crippen LogP contribution in [-0.4, -0.2) is 66.8 Å². The van der Waals surface area contributed by atoms with Gasteiger partial charge in [0.2, 0.25) is 11.9 Å². The van der Waals surface area contributed by atoms with Gasteiger partial charge in [-0.1, -0.05) is 23.8 Å². The first-order valence-electron chi connectivity index (χ1n) is 12.9. The Kier molecular flexibility index (Phi) is 7.34. The maximum Gasteiger partial charge on any atom is 0.409 e. The van der Waals surface area contributed by atoms with E-state index in [0.717, 1.165) is 30.5 Å². The molecule has 202 valence electrons. The Morgan fingerprint density at radius 3 is 2.76 bits per heavy atom. The minimum Gasteiger partial charge on any atom is -0.494 e. The molecule has 5 rings (SSSR count). The first-order valence-corrected chi connectivity index (χ1v) is 13.3. The van der Waals surface area contributed by atoms with Gasteiger partial charge in [0.25, 0.3) is 0 Å². The fraction of sp³-hybridized carbons (Fsp3) is 0.481. The Morgan fingerprint density at radius 1 is 1.24 bits per heavy atom. The monoisotopic (exact) mass is 540 g/mol. The van der Waals surface area contributed by atoms with Gasteiger partial charge < -0.3 is 29.9 Å². The number of amides is 2. The van der Waals surface area contributed by atoms with Gasteiger partial charge in [-0.25, -0.2) is 9.78 Å². The summed E-state index contributed by atoms with van der Waals surface area (Å²) in [6, 6.07) is 3.66. The number of ether oxygens (including phenoxy) is 2. The largest absolute Gasteiger partial charge is 0.494 e.